The molecule has 4 nitrogen and oxygen atoms in total. The monoisotopic (exact) mass is 704 g/mol. The van der Waals surface area contributed by atoms with E-state index in [4.69, 9.17) is 42.0 Å². The Labute approximate surface area is 276 Å². The highest BCUT2D eigenvalue weighted by Gasteiger charge is 2.52. The average molecular weight is 706 g/mol. The van der Waals surface area contributed by atoms with Gasteiger partial charge in [0.15, 0.2) is 0 Å². The van der Waals surface area contributed by atoms with Crippen molar-refractivity contribution in [1.29, 1.82) is 0 Å². The molecule has 0 radical (unpaired) electrons. The van der Waals surface area contributed by atoms with Crippen LogP contribution in [-0.2, 0) is 9.31 Å². The van der Waals surface area contributed by atoms with Gasteiger partial charge in [0, 0.05) is 16.6 Å². The molecular weight excluding hydrogens is 672 g/mol. The molecule has 0 unspecified atom stereocenters. The van der Waals surface area contributed by atoms with Gasteiger partial charge in [0.1, 0.15) is 23.1 Å². The van der Waals surface area contributed by atoms with E-state index in [1.807, 2.05) is 65.8 Å². The van der Waals surface area contributed by atoms with Crippen molar-refractivity contribution in [2.75, 3.05) is 14.2 Å². The SMILES string of the molecule is COc1cc(C)c(-c2c(F)cccc2Cl)cc1B1OC(C)(C)C(C)(C)O1.COc1cc(C)c(-c2c(F)cccc2Cl)cc1Br. The molecule has 10 heteroatoms. The minimum atomic E-state index is -0.611. The summed E-state index contributed by atoms with van der Waals surface area (Å²) >= 11 is 15.8. The molecule has 0 N–H and O–H groups in total. The first-order valence-electron chi connectivity index (χ1n) is 13.9. The maximum absolute atomic E-state index is 14.5. The van der Waals surface area contributed by atoms with Crippen molar-refractivity contribution >= 4 is 51.7 Å². The van der Waals surface area contributed by atoms with Crippen molar-refractivity contribution in [3.63, 3.8) is 0 Å². The van der Waals surface area contributed by atoms with Gasteiger partial charge >= 0.3 is 7.12 Å². The van der Waals surface area contributed by atoms with E-state index in [0.717, 1.165) is 21.2 Å². The molecule has 4 aromatic carbocycles. The van der Waals surface area contributed by atoms with E-state index in [2.05, 4.69) is 15.9 Å². The van der Waals surface area contributed by atoms with Gasteiger partial charge < -0.3 is 18.8 Å². The van der Waals surface area contributed by atoms with E-state index in [1.165, 1.54) is 12.1 Å². The molecule has 0 aliphatic carbocycles. The molecule has 1 aliphatic rings. The third kappa shape index (κ3) is 6.80. The molecule has 0 aromatic heterocycles. The molecule has 0 saturated carbocycles. The van der Waals surface area contributed by atoms with Crippen molar-refractivity contribution < 1.29 is 27.6 Å². The quantitative estimate of drug-likeness (QED) is 0.194. The molecule has 44 heavy (non-hydrogen) atoms. The van der Waals surface area contributed by atoms with E-state index in [1.54, 1.807) is 38.5 Å². The van der Waals surface area contributed by atoms with Crippen LogP contribution in [0.3, 0.4) is 0 Å². The molecule has 5 rings (SSSR count). The number of ether oxygens (including phenoxy) is 2. The molecule has 0 atom stereocenters. The summed E-state index contributed by atoms with van der Waals surface area (Å²) in [5.41, 5.74) is 3.74. The second kappa shape index (κ2) is 13.4. The summed E-state index contributed by atoms with van der Waals surface area (Å²) in [4.78, 5) is 0. The fraction of sp³-hybridized carbons (Fsp3) is 0.294. The molecule has 1 aliphatic heterocycles. The molecule has 0 spiro atoms. The lowest BCUT2D eigenvalue weighted by molar-refractivity contribution is 0.00578. The zero-order chi connectivity index (χ0) is 32.6. The van der Waals surface area contributed by atoms with Gasteiger partial charge in [0.05, 0.1) is 39.9 Å². The first-order chi connectivity index (χ1) is 20.6. The molecule has 4 aromatic rings. The van der Waals surface area contributed by atoms with E-state index >= 15 is 0 Å². The van der Waals surface area contributed by atoms with Gasteiger partial charge in [-0.2, -0.15) is 0 Å². The summed E-state index contributed by atoms with van der Waals surface area (Å²) in [6, 6.07) is 16.7. The van der Waals surface area contributed by atoms with Gasteiger partial charge in [-0.3, -0.25) is 0 Å². The normalized spacial score (nSPS) is 15.1. The summed E-state index contributed by atoms with van der Waals surface area (Å²) in [5.74, 6) is 0.647. The highest BCUT2D eigenvalue weighted by atomic mass is 79.9. The summed E-state index contributed by atoms with van der Waals surface area (Å²) in [5, 5.41) is 0.758. The molecule has 1 saturated heterocycles. The number of rotatable bonds is 5. The van der Waals surface area contributed by atoms with E-state index in [-0.39, 0.29) is 11.6 Å². The Morgan fingerprint density at radius 3 is 1.57 bits per heavy atom. The molecule has 1 heterocycles. The topological polar surface area (TPSA) is 36.9 Å². The number of methoxy groups -OCH3 is 2. The Morgan fingerprint density at radius 1 is 0.705 bits per heavy atom. The highest BCUT2D eigenvalue weighted by molar-refractivity contribution is 9.10. The summed E-state index contributed by atoms with van der Waals surface area (Å²) in [7, 11) is 2.58. The van der Waals surface area contributed by atoms with Crippen LogP contribution in [0.4, 0.5) is 8.78 Å². The Kier molecular flexibility index (Phi) is 10.4. The van der Waals surface area contributed by atoms with Crippen molar-refractivity contribution in [1.82, 2.24) is 0 Å². The first-order valence-corrected chi connectivity index (χ1v) is 15.4. The van der Waals surface area contributed by atoms with Crippen LogP contribution in [0.25, 0.3) is 22.3 Å². The third-order valence-corrected chi connectivity index (χ3v) is 9.30. The van der Waals surface area contributed by atoms with Gasteiger partial charge in [0.25, 0.3) is 0 Å². The number of aryl methyl sites for hydroxylation is 2. The minimum absolute atomic E-state index is 0.331. The number of benzene rings is 4. The smallest absolute Gasteiger partial charge is 0.497 e. The van der Waals surface area contributed by atoms with Gasteiger partial charge in [-0.25, -0.2) is 8.78 Å². The fourth-order valence-corrected chi connectivity index (χ4v) is 5.92. The summed E-state index contributed by atoms with van der Waals surface area (Å²) in [6.07, 6.45) is 0. The van der Waals surface area contributed by atoms with Gasteiger partial charge in [-0.1, -0.05) is 41.4 Å². The summed E-state index contributed by atoms with van der Waals surface area (Å²) in [6.45, 7) is 11.7. The Balaban J connectivity index is 0.000000215. The van der Waals surface area contributed by atoms with E-state index in [9.17, 15) is 8.78 Å². The standard InChI is InChI=1S/C20H23BClFO3.C14H11BrClFO/c1-12-10-17(24-6)14(21-25-19(2,3)20(4,5)26-21)11-13(12)18-15(22)8-7-9-16(18)23;1-8-6-13(18-2)10(15)7-9(8)14-11(16)4-3-5-12(14)17/h7-11H,1-6H3;3-7H,1-2H3. The van der Waals surface area contributed by atoms with Crippen molar-refractivity contribution in [3.05, 3.63) is 97.9 Å². The zero-order valence-corrected chi connectivity index (χ0v) is 29.0. The molecule has 0 amide bonds. The van der Waals surface area contributed by atoms with Gasteiger partial charge in [-0.05, 0) is 122 Å². The Bertz CT molecular complexity index is 1640. The summed E-state index contributed by atoms with van der Waals surface area (Å²) < 4.78 is 52.2. The predicted octanol–water partition coefficient (Wildman–Crippen LogP) is 9.99. The van der Waals surface area contributed by atoms with Crippen LogP contribution >= 0.6 is 39.1 Å². The minimum Gasteiger partial charge on any atom is -0.497 e. The van der Waals surface area contributed by atoms with E-state index in [0.29, 0.717) is 43.7 Å². The second-order valence-corrected chi connectivity index (χ2v) is 13.2. The first kappa shape index (κ1) is 34.3. The lowest BCUT2D eigenvalue weighted by Gasteiger charge is -2.32. The van der Waals surface area contributed by atoms with Crippen LogP contribution in [-0.4, -0.2) is 32.5 Å². The van der Waals surface area contributed by atoms with Gasteiger partial charge in [-0.15, -0.1) is 0 Å². The molecule has 0 bridgehead atoms. The maximum atomic E-state index is 14.5. The fourth-order valence-electron chi connectivity index (χ4n) is 4.89. The third-order valence-electron chi connectivity index (χ3n) is 8.05. The number of hydrogen-bond donors (Lipinski definition) is 0. The average Bonchev–Trinajstić information content (AvgIpc) is 3.17. The van der Waals surface area contributed by atoms with Crippen LogP contribution in [0.1, 0.15) is 38.8 Å². The van der Waals surface area contributed by atoms with Crippen LogP contribution < -0.4 is 14.9 Å². The van der Waals surface area contributed by atoms with E-state index < -0.39 is 18.3 Å². The lowest BCUT2D eigenvalue weighted by Crippen LogP contribution is -2.41. The predicted molar refractivity (Wildman–Crippen MR) is 180 cm³/mol. The molecular formula is C34H34BBrCl2F2O4. The van der Waals surface area contributed by atoms with Crippen LogP contribution in [0.15, 0.2) is 65.1 Å². The van der Waals surface area contributed by atoms with Crippen molar-refractivity contribution in [2.24, 2.45) is 0 Å². The maximum Gasteiger partial charge on any atom is 0.498 e. The zero-order valence-electron chi connectivity index (χ0n) is 25.9. The van der Waals surface area contributed by atoms with Crippen LogP contribution in [0.2, 0.25) is 10.0 Å². The van der Waals surface area contributed by atoms with Crippen molar-refractivity contribution in [3.8, 4) is 33.8 Å². The molecule has 232 valence electrons. The number of halogens is 5. The highest BCUT2D eigenvalue weighted by Crippen LogP contribution is 2.40. The Morgan fingerprint density at radius 2 is 1.14 bits per heavy atom. The van der Waals surface area contributed by atoms with Crippen molar-refractivity contribution in [2.45, 2.75) is 52.7 Å². The number of hydrogen-bond acceptors (Lipinski definition) is 4. The van der Waals surface area contributed by atoms with Gasteiger partial charge in [0.2, 0.25) is 0 Å². The van der Waals surface area contributed by atoms with Crippen LogP contribution in [0.5, 0.6) is 11.5 Å². The Hall–Kier alpha value is -2.62. The lowest BCUT2D eigenvalue weighted by atomic mass is 9.76. The molecule has 1 fully saturated rings. The largest absolute Gasteiger partial charge is 0.498 e. The second-order valence-electron chi connectivity index (χ2n) is 11.5. The van der Waals surface area contributed by atoms with Crippen LogP contribution in [0, 0.1) is 25.5 Å².